The predicted molar refractivity (Wildman–Crippen MR) is 87.7 cm³/mol. The van der Waals surface area contributed by atoms with E-state index in [-0.39, 0.29) is 17.1 Å². The molecule has 0 bridgehead atoms. The van der Waals surface area contributed by atoms with E-state index in [2.05, 4.69) is 27.9 Å². The SMILES string of the molecule is Cc1ncc(N2CC[C@@H]3C(C)(C)C(=O)C(C#N)=C[C@@]3(C)C2)cn1. The molecular weight excluding hydrogens is 288 g/mol. The lowest BCUT2D eigenvalue weighted by Gasteiger charge is -2.53. The number of hydrogen-bond acceptors (Lipinski definition) is 5. The molecule has 1 saturated heterocycles. The molecule has 2 heterocycles. The number of allylic oxidation sites excluding steroid dienone is 1. The van der Waals surface area contributed by atoms with Gasteiger partial charge in [-0.3, -0.25) is 4.79 Å². The highest BCUT2D eigenvalue weighted by molar-refractivity contribution is 6.04. The molecule has 1 aliphatic heterocycles. The molecule has 2 aliphatic rings. The summed E-state index contributed by atoms with van der Waals surface area (Å²) in [6.45, 7) is 9.63. The number of nitriles is 1. The highest BCUT2D eigenvalue weighted by Crippen LogP contribution is 2.52. The van der Waals surface area contributed by atoms with Crippen molar-refractivity contribution in [3.63, 3.8) is 0 Å². The van der Waals surface area contributed by atoms with Crippen LogP contribution in [0.25, 0.3) is 0 Å². The van der Waals surface area contributed by atoms with Gasteiger partial charge in [0.15, 0.2) is 5.78 Å². The van der Waals surface area contributed by atoms with E-state index in [1.54, 1.807) is 0 Å². The van der Waals surface area contributed by atoms with Gasteiger partial charge >= 0.3 is 0 Å². The number of anilines is 1. The first kappa shape index (κ1) is 15.7. The van der Waals surface area contributed by atoms with Crippen molar-refractivity contribution in [2.75, 3.05) is 18.0 Å². The minimum Gasteiger partial charge on any atom is -0.368 e. The number of aromatic nitrogens is 2. The van der Waals surface area contributed by atoms with E-state index in [4.69, 9.17) is 0 Å². The van der Waals surface area contributed by atoms with Gasteiger partial charge in [-0.25, -0.2) is 9.97 Å². The second-order valence-corrected chi connectivity index (χ2v) is 7.48. The molecule has 0 amide bonds. The van der Waals surface area contributed by atoms with Crippen molar-refractivity contribution in [3.05, 3.63) is 29.9 Å². The van der Waals surface area contributed by atoms with Crippen LogP contribution in [0, 0.1) is 35.0 Å². The number of piperidine rings is 1. The molecule has 0 spiro atoms. The van der Waals surface area contributed by atoms with Crippen LogP contribution in [0.2, 0.25) is 0 Å². The van der Waals surface area contributed by atoms with Crippen molar-refractivity contribution in [2.45, 2.75) is 34.1 Å². The average Bonchev–Trinajstić information content (AvgIpc) is 2.51. The van der Waals surface area contributed by atoms with Crippen molar-refractivity contribution in [2.24, 2.45) is 16.7 Å². The van der Waals surface area contributed by atoms with Gasteiger partial charge in [0.1, 0.15) is 11.9 Å². The topological polar surface area (TPSA) is 69.9 Å². The molecule has 1 aliphatic carbocycles. The molecule has 5 nitrogen and oxygen atoms in total. The minimum absolute atomic E-state index is 0.0189. The Morgan fingerprint density at radius 1 is 1.30 bits per heavy atom. The number of Topliss-reactive ketones (excluding diaryl/α,β-unsaturated/α-hetero) is 1. The number of ketones is 1. The maximum Gasteiger partial charge on any atom is 0.178 e. The van der Waals surface area contributed by atoms with E-state index in [1.165, 1.54) is 0 Å². The third-order valence-corrected chi connectivity index (χ3v) is 5.44. The Hall–Kier alpha value is -2.22. The molecule has 23 heavy (non-hydrogen) atoms. The molecule has 1 aromatic heterocycles. The zero-order valence-electron chi connectivity index (χ0n) is 14.1. The summed E-state index contributed by atoms with van der Waals surface area (Å²) in [5, 5.41) is 9.34. The van der Waals surface area contributed by atoms with Gasteiger partial charge < -0.3 is 4.90 Å². The van der Waals surface area contributed by atoms with Gasteiger partial charge in [0.25, 0.3) is 0 Å². The zero-order chi connectivity index (χ0) is 16.8. The quantitative estimate of drug-likeness (QED) is 0.797. The van der Waals surface area contributed by atoms with Crippen LogP contribution in [0.3, 0.4) is 0 Å². The van der Waals surface area contributed by atoms with E-state index in [1.807, 2.05) is 39.2 Å². The van der Waals surface area contributed by atoms with Crippen LogP contribution in [0.15, 0.2) is 24.0 Å². The first-order valence-corrected chi connectivity index (χ1v) is 7.99. The van der Waals surface area contributed by atoms with E-state index in [9.17, 15) is 10.1 Å². The molecule has 0 saturated carbocycles. The molecule has 1 fully saturated rings. The second-order valence-electron chi connectivity index (χ2n) is 7.48. The summed E-state index contributed by atoms with van der Waals surface area (Å²) < 4.78 is 0. The van der Waals surface area contributed by atoms with Crippen molar-refractivity contribution in [1.29, 1.82) is 5.26 Å². The summed E-state index contributed by atoms with van der Waals surface area (Å²) >= 11 is 0. The molecule has 0 radical (unpaired) electrons. The Labute approximate surface area is 137 Å². The number of carbonyl (C=O) groups is 1. The number of fused-ring (bicyclic) bond motifs is 1. The molecule has 0 N–H and O–H groups in total. The van der Waals surface area contributed by atoms with Gasteiger partial charge in [-0.05, 0) is 19.3 Å². The largest absolute Gasteiger partial charge is 0.368 e. The van der Waals surface area contributed by atoms with Gasteiger partial charge in [0, 0.05) is 23.9 Å². The summed E-state index contributed by atoms with van der Waals surface area (Å²) in [4.78, 5) is 23.4. The first-order valence-electron chi connectivity index (χ1n) is 7.99. The number of hydrogen-bond donors (Lipinski definition) is 0. The minimum atomic E-state index is -0.496. The van der Waals surface area contributed by atoms with Crippen molar-refractivity contribution < 1.29 is 4.79 Å². The molecule has 3 rings (SSSR count). The summed E-state index contributed by atoms with van der Waals surface area (Å²) in [6.07, 6.45) is 6.50. The Morgan fingerprint density at radius 2 is 1.96 bits per heavy atom. The second kappa shape index (κ2) is 5.16. The summed E-state index contributed by atoms with van der Waals surface area (Å²) in [7, 11) is 0. The van der Waals surface area contributed by atoms with Crippen LogP contribution in [0.1, 0.15) is 33.0 Å². The lowest BCUT2D eigenvalue weighted by atomic mass is 9.55. The summed E-state index contributed by atoms with van der Waals surface area (Å²) in [6, 6.07) is 2.10. The number of carbonyl (C=O) groups excluding carboxylic acids is 1. The zero-order valence-corrected chi connectivity index (χ0v) is 14.1. The molecule has 0 unspecified atom stereocenters. The fraction of sp³-hybridized carbons (Fsp3) is 0.556. The monoisotopic (exact) mass is 310 g/mol. The maximum absolute atomic E-state index is 12.5. The van der Waals surface area contributed by atoms with Crippen molar-refractivity contribution in [3.8, 4) is 6.07 Å². The van der Waals surface area contributed by atoms with E-state index in [0.29, 0.717) is 5.57 Å². The molecule has 2 atom stereocenters. The molecule has 5 heteroatoms. The number of aryl methyl sites for hydroxylation is 1. The summed E-state index contributed by atoms with van der Waals surface area (Å²) in [5.74, 6) is 0.975. The standard InChI is InChI=1S/C18H22N4O/c1-12-20-9-14(10-21-12)22-6-5-15-17(2,3)16(23)13(8-19)7-18(15,4)11-22/h7,9-10,15H,5-6,11H2,1-4H3/t15-,18+/m1/s1. The third kappa shape index (κ3) is 2.42. The number of rotatable bonds is 1. The van der Waals surface area contributed by atoms with Crippen LogP contribution in [-0.4, -0.2) is 28.8 Å². The van der Waals surface area contributed by atoms with E-state index in [0.717, 1.165) is 31.0 Å². The Morgan fingerprint density at radius 3 is 2.57 bits per heavy atom. The van der Waals surface area contributed by atoms with E-state index >= 15 is 0 Å². The van der Waals surface area contributed by atoms with Gasteiger partial charge in [-0.1, -0.05) is 26.8 Å². The lowest BCUT2D eigenvalue weighted by Crippen LogP contribution is -2.55. The van der Waals surface area contributed by atoms with Gasteiger partial charge in [-0.2, -0.15) is 5.26 Å². The van der Waals surface area contributed by atoms with Crippen LogP contribution < -0.4 is 4.90 Å². The lowest BCUT2D eigenvalue weighted by molar-refractivity contribution is -0.130. The highest BCUT2D eigenvalue weighted by atomic mass is 16.1. The normalized spacial score (nSPS) is 29.5. The Bertz CT molecular complexity index is 714. The fourth-order valence-corrected chi connectivity index (χ4v) is 4.30. The predicted octanol–water partition coefficient (Wildman–Crippen LogP) is 2.68. The molecular formula is C18H22N4O. The molecule has 120 valence electrons. The average molecular weight is 310 g/mol. The Kier molecular flexibility index (Phi) is 3.51. The molecule has 0 aromatic carbocycles. The van der Waals surface area contributed by atoms with Crippen LogP contribution >= 0.6 is 0 Å². The van der Waals surface area contributed by atoms with Gasteiger partial charge in [0.05, 0.1) is 23.7 Å². The fourth-order valence-electron chi connectivity index (χ4n) is 4.30. The van der Waals surface area contributed by atoms with Crippen molar-refractivity contribution in [1.82, 2.24) is 9.97 Å². The van der Waals surface area contributed by atoms with Crippen LogP contribution in [0.4, 0.5) is 5.69 Å². The smallest absolute Gasteiger partial charge is 0.178 e. The Balaban J connectivity index is 1.97. The highest BCUT2D eigenvalue weighted by Gasteiger charge is 2.53. The molecule has 1 aromatic rings. The van der Waals surface area contributed by atoms with Crippen LogP contribution in [-0.2, 0) is 4.79 Å². The van der Waals surface area contributed by atoms with Gasteiger partial charge in [-0.15, -0.1) is 0 Å². The van der Waals surface area contributed by atoms with Gasteiger partial charge in [0.2, 0.25) is 0 Å². The maximum atomic E-state index is 12.5. The number of nitrogens with zero attached hydrogens (tertiary/aromatic N) is 4. The third-order valence-electron chi connectivity index (χ3n) is 5.44. The van der Waals surface area contributed by atoms with E-state index < -0.39 is 5.41 Å². The first-order chi connectivity index (χ1) is 10.8. The van der Waals surface area contributed by atoms with Crippen molar-refractivity contribution >= 4 is 11.5 Å². The van der Waals surface area contributed by atoms with Crippen LogP contribution in [0.5, 0.6) is 0 Å². The summed E-state index contributed by atoms with van der Waals surface area (Å²) in [5.41, 5.74) is 0.600.